The van der Waals surface area contributed by atoms with Crippen LogP contribution in [-0.2, 0) is 11.3 Å². The van der Waals surface area contributed by atoms with Crippen molar-refractivity contribution in [1.29, 1.82) is 0 Å². The lowest BCUT2D eigenvalue weighted by Gasteiger charge is -2.19. The maximum Gasteiger partial charge on any atom is 0.253 e. The van der Waals surface area contributed by atoms with Crippen LogP contribution in [0.3, 0.4) is 0 Å². The second-order valence-electron chi connectivity index (χ2n) is 7.55. The maximum atomic E-state index is 12.3. The van der Waals surface area contributed by atoms with Gasteiger partial charge in [0.2, 0.25) is 11.8 Å². The number of nitrogens with one attached hydrogen (secondary N) is 1. The molecule has 0 aliphatic carbocycles. The summed E-state index contributed by atoms with van der Waals surface area (Å²) < 4.78 is 16.6. The molecule has 0 aliphatic rings. The van der Waals surface area contributed by atoms with Crippen LogP contribution in [0, 0.1) is 0 Å². The van der Waals surface area contributed by atoms with Crippen LogP contribution in [0.25, 0.3) is 0 Å². The Kier molecular flexibility index (Phi) is 7.75. The van der Waals surface area contributed by atoms with E-state index in [0.717, 1.165) is 5.56 Å². The van der Waals surface area contributed by atoms with E-state index in [1.165, 1.54) is 6.20 Å². The lowest BCUT2D eigenvalue weighted by Crippen LogP contribution is -2.23. The fourth-order valence-corrected chi connectivity index (χ4v) is 2.21. The Morgan fingerprint density at radius 2 is 1.75 bits per heavy atom. The van der Waals surface area contributed by atoms with Gasteiger partial charge in [0.1, 0.15) is 6.61 Å². The summed E-state index contributed by atoms with van der Waals surface area (Å²) in [6.45, 7) is 11.1. The lowest BCUT2D eigenvalue weighted by atomic mass is 10.2. The van der Waals surface area contributed by atoms with Crippen LogP contribution in [-0.4, -0.2) is 40.8 Å². The predicted molar refractivity (Wildman–Crippen MR) is 107 cm³/mol. The van der Waals surface area contributed by atoms with Gasteiger partial charge >= 0.3 is 0 Å². The van der Waals surface area contributed by atoms with Gasteiger partial charge in [0.25, 0.3) is 5.91 Å². The molecule has 2 heterocycles. The van der Waals surface area contributed by atoms with Gasteiger partial charge in [-0.3, -0.25) is 4.79 Å². The summed E-state index contributed by atoms with van der Waals surface area (Å²) in [7, 11) is 0. The molecule has 0 aromatic carbocycles. The molecule has 1 N–H and O–H groups in total. The number of ether oxygens (including phenoxy) is 3. The van der Waals surface area contributed by atoms with Gasteiger partial charge in [0.15, 0.2) is 0 Å². The van der Waals surface area contributed by atoms with Gasteiger partial charge < -0.3 is 19.5 Å². The van der Waals surface area contributed by atoms with Gasteiger partial charge in [-0.2, -0.15) is 0 Å². The van der Waals surface area contributed by atoms with Gasteiger partial charge in [0, 0.05) is 31.1 Å². The smallest absolute Gasteiger partial charge is 0.253 e. The van der Waals surface area contributed by atoms with Crippen LogP contribution >= 0.6 is 0 Å². The molecule has 1 amide bonds. The molecular weight excluding hydrogens is 358 g/mol. The Labute approximate surface area is 166 Å². The summed E-state index contributed by atoms with van der Waals surface area (Å²) in [6.07, 6.45) is 3.25. The highest BCUT2D eigenvalue weighted by atomic mass is 16.5. The molecule has 0 saturated heterocycles. The van der Waals surface area contributed by atoms with Crippen molar-refractivity contribution in [3.8, 4) is 11.8 Å². The van der Waals surface area contributed by atoms with E-state index in [1.807, 2.05) is 40.7 Å². The molecule has 2 rings (SSSR count). The van der Waals surface area contributed by atoms with Crippen molar-refractivity contribution in [2.75, 3.05) is 13.2 Å². The molecular formula is C21H29N3O4. The summed E-state index contributed by atoms with van der Waals surface area (Å²) >= 11 is 0. The molecule has 7 heteroatoms. The van der Waals surface area contributed by atoms with Crippen LogP contribution in [0.1, 0.15) is 50.5 Å². The number of pyridine rings is 2. The maximum absolute atomic E-state index is 12.3. The summed E-state index contributed by atoms with van der Waals surface area (Å²) in [5, 5.41) is 2.84. The van der Waals surface area contributed by atoms with Crippen molar-refractivity contribution in [3.63, 3.8) is 0 Å². The molecule has 28 heavy (non-hydrogen) atoms. The molecule has 0 unspecified atom stereocenters. The Balaban J connectivity index is 1.78. The number of hydrogen-bond donors (Lipinski definition) is 1. The van der Waals surface area contributed by atoms with E-state index in [4.69, 9.17) is 14.2 Å². The van der Waals surface area contributed by atoms with Gasteiger partial charge in [-0.25, -0.2) is 9.97 Å². The monoisotopic (exact) mass is 387 g/mol. The highest BCUT2D eigenvalue weighted by Gasteiger charge is 2.10. The van der Waals surface area contributed by atoms with E-state index in [2.05, 4.69) is 15.3 Å². The Morgan fingerprint density at radius 1 is 1.04 bits per heavy atom. The first-order valence-electron chi connectivity index (χ1n) is 9.35. The molecule has 0 spiro atoms. The molecule has 0 bridgehead atoms. The molecule has 0 fully saturated rings. The molecule has 2 aromatic heterocycles. The van der Waals surface area contributed by atoms with Crippen LogP contribution in [0.4, 0.5) is 0 Å². The third-order valence-electron chi connectivity index (χ3n) is 3.47. The summed E-state index contributed by atoms with van der Waals surface area (Å²) in [5.74, 6) is 0.814. The van der Waals surface area contributed by atoms with Gasteiger partial charge in [-0.05, 0) is 46.2 Å². The molecule has 7 nitrogen and oxygen atoms in total. The second kappa shape index (κ2) is 10.0. The van der Waals surface area contributed by atoms with Crippen LogP contribution in [0.15, 0.2) is 36.7 Å². The minimum atomic E-state index is -0.211. The summed E-state index contributed by atoms with van der Waals surface area (Å²) in [4.78, 5) is 20.6. The molecule has 0 atom stereocenters. The summed E-state index contributed by atoms with van der Waals surface area (Å²) in [5.41, 5.74) is 1.15. The molecule has 2 aromatic rings. The average Bonchev–Trinajstić information content (AvgIpc) is 2.64. The van der Waals surface area contributed by atoms with Crippen LogP contribution < -0.4 is 14.8 Å². The first-order valence-corrected chi connectivity index (χ1v) is 9.35. The highest BCUT2D eigenvalue weighted by molar-refractivity contribution is 5.93. The van der Waals surface area contributed by atoms with Crippen molar-refractivity contribution >= 4 is 5.91 Å². The van der Waals surface area contributed by atoms with Crippen molar-refractivity contribution in [2.24, 2.45) is 0 Å². The van der Waals surface area contributed by atoms with E-state index in [0.29, 0.717) is 37.1 Å². The van der Waals surface area contributed by atoms with Crippen molar-refractivity contribution < 1.29 is 19.0 Å². The third kappa shape index (κ3) is 7.92. The number of amides is 1. The van der Waals surface area contributed by atoms with Crippen LogP contribution in [0.2, 0.25) is 0 Å². The largest absolute Gasteiger partial charge is 0.475 e. The Hall–Kier alpha value is -2.67. The third-order valence-corrected chi connectivity index (χ3v) is 3.47. The highest BCUT2D eigenvalue weighted by Crippen LogP contribution is 2.11. The summed E-state index contributed by atoms with van der Waals surface area (Å²) in [6, 6.07) is 7.02. The average molecular weight is 387 g/mol. The lowest BCUT2D eigenvalue weighted by molar-refractivity contribution is -0.0168. The first kappa shape index (κ1) is 21.6. The second-order valence-corrected chi connectivity index (χ2v) is 7.55. The van der Waals surface area contributed by atoms with E-state index in [1.54, 1.807) is 24.4 Å². The van der Waals surface area contributed by atoms with Crippen molar-refractivity contribution in [1.82, 2.24) is 15.3 Å². The van der Waals surface area contributed by atoms with E-state index in [9.17, 15) is 4.79 Å². The Bertz CT molecular complexity index is 738. The predicted octanol–water partition coefficient (Wildman–Crippen LogP) is 3.39. The number of hydrogen-bond acceptors (Lipinski definition) is 6. The SMILES string of the molecule is CC(C)Oc1ccc(CNC(=O)c2ccc(OCCOC(C)(C)C)nc2)cn1. The van der Waals surface area contributed by atoms with Crippen molar-refractivity contribution in [2.45, 2.75) is 52.9 Å². The minimum absolute atomic E-state index is 0.0727. The zero-order valence-corrected chi connectivity index (χ0v) is 17.2. The fraction of sp³-hybridized carbons (Fsp3) is 0.476. The topological polar surface area (TPSA) is 82.6 Å². The zero-order valence-electron chi connectivity index (χ0n) is 17.2. The van der Waals surface area contributed by atoms with Gasteiger partial charge in [0.05, 0.1) is 23.9 Å². The number of carbonyl (C=O) groups is 1. The number of nitrogens with zero attached hydrogens (tertiary/aromatic N) is 2. The fourth-order valence-electron chi connectivity index (χ4n) is 2.21. The minimum Gasteiger partial charge on any atom is -0.475 e. The van der Waals surface area contributed by atoms with Crippen LogP contribution in [0.5, 0.6) is 11.8 Å². The number of aromatic nitrogens is 2. The Morgan fingerprint density at radius 3 is 2.32 bits per heavy atom. The zero-order chi connectivity index (χ0) is 20.6. The molecule has 152 valence electrons. The number of rotatable bonds is 9. The van der Waals surface area contributed by atoms with E-state index >= 15 is 0 Å². The quantitative estimate of drug-likeness (QED) is 0.664. The van der Waals surface area contributed by atoms with E-state index < -0.39 is 0 Å². The number of carbonyl (C=O) groups excluding carboxylic acids is 1. The van der Waals surface area contributed by atoms with Gasteiger partial charge in [-0.15, -0.1) is 0 Å². The normalized spacial score (nSPS) is 11.4. The molecule has 0 saturated carbocycles. The standard InChI is InChI=1S/C21H29N3O4/c1-15(2)28-19-8-6-16(12-22-19)13-24-20(25)17-7-9-18(23-14-17)26-10-11-27-21(3,4)5/h6-9,12,14-15H,10-11,13H2,1-5H3,(H,24,25). The van der Waals surface area contributed by atoms with Crippen molar-refractivity contribution in [3.05, 3.63) is 47.8 Å². The molecule has 0 aliphatic heterocycles. The van der Waals surface area contributed by atoms with Gasteiger partial charge in [-0.1, -0.05) is 6.07 Å². The first-order chi connectivity index (χ1) is 13.2. The van der Waals surface area contributed by atoms with E-state index in [-0.39, 0.29) is 17.6 Å². The molecule has 0 radical (unpaired) electrons.